The maximum absolute atomic E-state index is 12.4. The topological polar surface area (TPSA) is 75.2 Å². The Morgan fingerprint density at radius 2 is 2.00 bits per heavy atom. The Morgan fingerprint density at radius 3 is 2.85 bits per heavy atom. The minimum Gasteiger partial charge on any atom is -0.354 e. The van der Waals surface area contributed by atoms with E-state index < -0.39 is 0 Å². The van der Waals surface area contributed by atoms with Crippen LogP contribution in [0.25, 0.3) is 11.0 Å². The van der Waals surface area contributed by atoms with Crippen LogP contribution in [0.4, 0.5) is 0 Å². The van der Waals surface area contributed by atoms with Crippen LogP contribution in [0.15, 0.2) is 30.5 Å². The van der Waals surface area contributed by atoms with Crippen LogP contribution in [-0.2, 0) is 4.79 Å². The predicted octanol–water partition coefficient (Wildman–Crippen LogP) is 0.592. The fraction of sp³-hybridized carbons (Fsp3) is 0.286. The van der Waals surface area contributed by atoms with Gasteiger partial charge in [-0.3, -0.25) is 14.6 Å². The Morgan fingerprint density at radius 1 is 1.20 bits per heavy atom. The Bertz CT molecular complexity index is 671. The van der Waals surface area contributed by atoms with Gasteiger partial charge in [-0.15, -0.1) is 0 Å². The molecule has 0 unspecified atom stereocenters. The molecule has 2 heterocycles. The Balaban J connectivity index is 1.86. The van der Waals surface area contributed by atoms with Gasteiger partial charge >= 0.3 is 0 Å². The van der Waals surface area contributed by atoms with E-state index in [9.17, 15) is 9.59 Å². The van der Waals surface area contributed by atoms with E-state index in [0.29, 0.717) is 37.3 Å². The zero-order chi connectivity index (χ0) is 13.9. The van der Waals surface area contributed by atoms with Crippen molar-refractivity contribution in [3.63, 3.8) is 0 Å². The summed E-state index contributed by atoms with van der Waals surface area (Å²) in [6, 6.07) is 7.42. The predicted molar refractivity (Wildman–Crippen MR) is 73.1 cm³/mol. The summed E-state index contributed by atoms with van der Waals surface area (Å²) in [6.45, 7) is 1.39. The van der Waals surface area contributed by atoms with E-state index >= 15 is 0 Å². The van der Waals surface area contributed by atoms with E-state index in [1.165, 1.54) is 6.20 Å². The molecule has 1 saturated heterocycles. The molecule has 1 fully saturated rings. The summed E-state index contributed by atoms with van der Waals surface area (Å²) in [5.74, 6) is -0.204. The van der Waals surface area contributed by atoms with E-state index in [1.807, 2.05) is 24.3 Å². The molecule has 2 aromatic rings. The third-order valence-electron chi connectivity index (χ3n) is 3.27. The molecule has 1 aromatic carbocycles. The summed E-state index contributed by atoms with van der Waals surface area (Å²) >= 11 is 0. The summed E-state index contributed by atoms with van der Waals surface area (Å²) in [5, 5.41) is 2.74. The first kappa shape index (κ1) is 12.5. The number of rotatable bonds is 1. The Hall–Kier alpha value is -2.50. The van der Waals surface area contributed by atoms with Crippen LogP contribution in [-0.4, -0.2) is 46.3 Å². The van der Waals surface area contributed by atoms with Crippen LogP contribution in [0.3, 0.4) is 0 Å². The molecule has 6 heteroatoms. The molecule has 1 N–H and O–H groups in total. The fourth-order valence-corrected chi connectivity index (χ4v) is 2.19. The summed E-state index contributed by atoms with van der Waals surface area (Å²) in [7, 11) is 0. The molecule has 1 aliphatic rings. The number of benzene rings is 1. The number of hydrogen-bond donors (Lipinski definition) is 1. The molecule has 0 aliphatic carbocycles. The van der Waals surface area contributed by atoms with E-state index in [-0.39, 0.29) is 11.8 Å². The van der Waals surface area contributed by atoms with Gasteiger partial charge < -0.3 is 10.2 Å². The van der Waals surface area contributed by atoms with Gasteiger partial charge in [0.25, 0.3) is 5.91 Å². The summed E-state index contributed by atoms with van der Waals surface area (Å²) in [5.41, 5.74) is 1.78. The van der Waals surface area contributed by atoms with Gasteiger partial charge in [-0.25, -0.2) is 4.98 Å². The fourth-order valence-electron chi connectivity index (χ4n) is 2.19. The number of nitrogens with zero attached hydrogens (tertiary/aromatic N) is 3. The van der Waals surface area contributed by atoms with Gasteiger partial charge in [0.15, 0.2) is 0 Å². The van der Waals surface area contributed by atoms with Crippen molar-refractivity contribution < 1.29 is 9.59 Å². The number of aromatic nitrogens is 2. The second-order valence-electron chi connectivity index (χ2n) is 4.64. The second kappa shape index (κ2) is 5.24. The maximum Gasteiger partial charge on any atom is 0.274 e. The first-order valence-electron chi connectivity index (χ1n) is 6.52. The minimum atomic E-state index is -0.181. The average Bonchev–Trinajstić information content (AvgIpc) is 2.71. The third kappa shape index (κ3) is 2.45. The molecular formula is C14H14N4O2. The molecule has 102 valence electrons. The molecule has 1 aromatic heterocycles. The number of nitrogens with one attached hydrogen (secondary N) is 1. The highest BCUT2D eigenvalue weighted by molar-refractivity contribution is 5.94. The zero-order valence-electron chi connectivity index (χ0n) is 10.9. The van der Waals surface area contributed by atoms with Crippen molar-refractivity contribution >= 4 is 22.8 Å². The first-order chi connectivity index (χ1) is 9.74. The summed E-state index contributed by atoms with van der Waals surface area (Å²) in [4.78, 5) is 33.9. The van der Waals surface area contributed by atoms with Crippen LogP contribution in [0.1, 0.15) is 16.9 Å². The van der Waals surface area contributed by atoms with Crippen LogP contribution in [0.2, 0.25) is 0 Å². The Kier molecular flexibility index (Phi) is 3.28. The van der Waals surface area contributed by atoms with E-state index in [1.54, 1.807) is 4.90 Å². The molecule has 20 heavy (non-hydrogen) atoms. The molecule has 0 spiro atoms. The highest BCUT2D eigenvalue weighted by Gasteiger charge is 2.21. The van der Waals surface area contributed by atoms with Crippen molar-refractivity contribution in [1.29, 1.82) is 0 Å². The molecule has 3 rings (SSSR count). The van der Waals surface area contributed by atoms with E-state index in [0.717, 1.165) is 5.52 Å². The number of para-hydroxylation sites is 2. The molecule has 0 saturated carbocycles. The first-order valence-corrected chi connectivity index (χ1v) is 6.52. The lowest BCUT2D eigenvalue weighted by Crippen LogP contribution is -2.34. The van der Waals surface area contributed by atoms with Gasteiger partial charge in [-0.1, -0.05) is 12.1 Å². The molecule has 2 amide bonds. The minimum absolute atomic E-state index is 0.0232. The van der Waals surface area contributed by atoms with Gasteiger partial charge in [0.05, 0.1) is 17.2 Å². The van der Waals surface area contributed by atoms with Crippen molar-refractivity contribution in [3.05, 3.63) is 36.2 Å². The van der Waals surface area contributed by atoms with Gasteiger partial charge in [0, 0.05) is 26.1 Å². The van der Waals surface area contributed by atoms with Crippen molar-refractivity contribution in [2.45, 2.75) is 6.42 Å². The summed E-state index contributed by atoms with van der Waals surface area (Å²) < 4.78 is 0. The van der Waals surface area contributed by atoms with Crippen molar-refractivity contribution in [2.24, 2.45) is 0 Å². The van der Waals surface area contributed by atoms with E-state index in [2.05, 4.69) is 15.3 Å². The van der Waals surface area contributed by atoms with E-state index in [4.69, 9.17) is 0 Å². The van der Waals surface area contributed by atoms with Crippen LogP contribution < -0.4 is 5.32 Å². The molecule has 0 bridgehead atoms. The number of carbonyl (C=O) groups excluding carboxylic acids is 2. The standard InChI is InChI=1S/C14H14N4O2/c19-13-5-7-18(8-6-15-13)14(20)12-9-16-10-3-1-2-4-11(10)17-12/h1-4,9H,5-8H2,(H,15,19). The quantitative estimate of drug-likeness (QED) is 0.823. The number of hydrogen-bond acceptors (Lipinski definition) is 4. The lowest BCUT2D eigenvalue weighted by atomic mass is 10.2. The largest absolute Gasteiger partial charge is 0.354 e. The molecule has 1 aliphatic heterocycles. The number of carbonyl (C=O) groups is 2. The lowest BCUT2D eigenvalue weighted by Gasteiger charge is -2.18. The lowest BCUT2D eigenvalue weighted by molar-refractivity contribution is -0.120. The van der Waals surface area contributed by atoms with Crippen molar-refractivity contribution in [2.75, 3.05) is 19.6 Å². The van der Waals surface area contributed by atoms with Gasteiger partial charge in [-0.2, -0.15) is 0 Å². The molecule has 6 nitrogen and oxygen atoms in total. The smallest absolute Gasteiger partial charge is 0.274 e. The molecule has 0 atom stereocenters. The Labute approximate surface area is 115 Å². The monoisotopic (exact) mass is 270 g/mol. The molecule has 0 radical (unpaired) electrons. The second-order valence-corrected chi connectivity index (χ2v) is 4.64. The maximum atomic E-state index is 12.4. The SMILES string of the molecule is O=C1CCN(C(=O)c2cnc3ccccc3n2)CCN1. The van der Waals surface area contributed by atoms with Crippen molar-refractivity contribution in [1.82, 2.24) is 20.2 Å². The van der Waals surface area contributed by atoms with Gasteiger partial charge in [0.2, 0.25) is 5.91 Å². The van der Waals surface area contributed by atoms with Crippen LogP contribution >= 0.6 is 0 Å². The van der Waals surface area contributed by atoms with Gasteiger partial charge in [0.1, 0.15) is 5.69 Å². The van der Waals surface area contributed by atoms with Crippen LogP contribution in [0, 0.1) is 0 Å². The third-order valence-corrected chi connectivity index (χ3v) is 3.27. The highest BCUT2D eigenvalue weighted by Crippen LogP contribution is 2.10. The number of amides is 2. The normalized spacial score (nSPS) is 15.8. The summed E-state index contributed by atoms with van der Waals surface area (Å²) in [6.07, 6.45) is 1.82. The number of fused-ring (bicyclic) bond motifs is 1. The van der Waals surface area contributed by atoms with Crippen molar-refractivity contribution in [3.8, 4) is 0 Å². The highest BCUT2D eigenvalue weighted by atomic mass is 16.2. The van der Waals surface area contributed by atoms with Crippen LogP contribution in [0.5, 0.6) is 0 Å². The average molecular weight is 270 g/mol. The zero-order valence-corrected chi connectivity index (χ0v) is 10.9. The van der Waals surface area contributed by atoms with Gasteiger partial charge in [-0.05, 0) is 12.1 Å². The molecular weight excluding hydrogens is 256 g/mol.